The normalized spacial score (nSPS) is 10.9. The zero-order chi connectivity index (χ0) is 18.5. The number of hydrogen-bond acceptors (Lipinski definition) is 4. The maximum Gasteiger partial charge on any atom is 0.261 e. The van der Waals surface area contributed by atoms with Crippen LogP contribution < -0.4 is 14.8 Å². The Balaban J connectivity index is 2.93. The van der Waals surface area contributed by atoms with Crippen LogP contribution in [0.2, 0.25) is 0 Å². The molecule has 0 aliphatic rings. The van der Waals surface area contributed by atoms with Crippen LogP contribution in [0.4, 0.5) is 0 Å². The largest absolute Gasteiger partial charge is 0.490 e. The van der Waals surface area contributed by atoms with Crippen LogP contribution in [-0.4, -0.2) is 25.7 Å². The van der Waals surface area contributed by atoms with Crippen LogP contribution >= 0.6 is 0 Å². The van der Waals surface area contributed by atoms with Gasteiger partial charge in [-0.15, -0.1) is 0 Å². The lowest BCUT2D eigenvalue weighted by molar-refractivity contribution is -0.117. The molecule has 5 nitrogen and oxygen atoms in total. The predicted octanol–water partition coefficient (Wildman–Crippen LogP) is 4.09. The number of hydrogen-bond donors (Lipinski definition) is 1. The van der Waals surface area contributed by atoms with Crippen molar-refractivity contribution in [1.82, 2.24) is 5.32 Å². The average molecular weight is 344 g/mol. The fraction of sp³-hybridized carbons (Fsp3) is 0.500. The molecule has 1 N–H and O–H groups in total. The van der Waals surface area contributed by atoms with E-state index in [0.717, 1.165) is 31.2 Å². The number of benzene rings is 1. The lowest BCUT2D eigenvalue weighted by Gasteiger charge is -2.12. The van der Waals surface area contributed by atoms with Crippen molar-refractivity contribution in [3.05, 3.63) is 29.3 Å². The molecule has 0 spiro atoms. The summed E-state index contributed by atoms with van der Waals surface area (Å²) in [5, 5.41) is 12.0. The number of nitrogens with one attached hydrogen (secondary N) is 1. The monoisotopic (exact) mass is 344 g/mol. The number of amides is 1. The van der Waals surface area contributed by atoms with E-state index in [1.807, 2.05) is 32.0 Å². The van der Waals surface area contributed by atoms with Gasteiger partial charge in [-0.3, -0.25) is 4.79 Å². The van der Waals surface area contributed by atoms with Gasteiger partial charge >= 0.3 is 0 Å². The molecule has 0 aliphatic heterocycles. The summed E-state index contributed by atoms with van der Waals surface area (Å²) in [5.74, 6) is 0.951. The lowest BCUT2D eigenvalue weighted by Crippen LogP contribution is -2.25. The second-order valence-corrected chi connectivity index (χ2v) is 5.62. The molecule has 0 radical (unpaired) electrons. The maximum atomic E-state index is 12.0. The summed E-state index contributed by atoms with van der Waals surface area (Å²) >= 11 is 0. The van der Waals surface area contributed by atoms with Gasteiger partial charge in [-0.1, -0.05) is 32.8 Å². The number of nitriles is 1. The average Bonchev–Trinajstić information content (AvgIpc) is 2.61. The van der Waals surface area contributed by atoms with Crippen molar-refractivity contribution in [1.29, 1.82) is 5.26 Å². The van der Waals surface area contributed by atoms with Gasteiger partial charge in [0.15, 0.2) is 11.5 Å². The summed E-state index contributed by atoms with van der Waals surface area (Å²) in [4.78, 5) is 12.0. The summed E-state index contributed by atoms with van der Waals surface area (Å²) in [6.45, 7) is 7.78. The van der Waals surface area contributed by atoms with Gasteiger partial charge < -0.3 is 14.8 Å². The molecule has 0 atom stereocenters. The van der Waals surface area contributed by atoms with Gasteiger partial charge in [-0.25, -0.2) is 0 Å². The Bertz CT molecular complexity index is 618. The molecule has 1 aromatic carbocycles. The Morgan fingerprint density at radius 2 is 1.92 bits per heavy atom. The topological polar surface area (TPSA) is 71.4 Å². The first-order valence-corrected chi connectivity index (χ1v) is 8.95. The lowest BCUT2D eigenvalue weighted by atomic mass is 10.1. The van der Waals surface area contributed by atoms with E-state index in [-0.39, 0.29) is 11.5 Å². The predicted molar refractivity (Wildman–Crippen MR) is 99.5 cm³/mol. The first-order chi connectivity index (χ1) is 12.2. The third-order valence-electron chi connectivity index (χ3n) is 3.52. The van der Waals surface area contributed by atoms with Crippen molar-refractivity contribution in [2.24, 2.45) is 0 Å². The Labute approximate surface area is 150 Å². The molecule has 0 aromatic heterocycles. The van der Waals surface area contributed by atoms with Crippen molar-refractivity contribution in [3.8, 4) is 17.6 Å². The second-order valence-electron chi connectivity index (χ2n) is 5.62. The van der Waals surface area contributed by atoms with E-state index in [2.05, 4.69) is 12.2 Å². The van der Waals surface area contributed by atoms with Gasteiger partial charge in [0, 0.05) is 6.54 Å². The Kier molecular flexibility index (Phi) is 9.84. The van der Waals surface area contributed by atoms with Crippen LogP contribution in [0.5, 0.6) is 11.5 Å². The minimum atomic E-state index is -0.350. The number of ether oxygens (including phenoxy) is 2. The Hall–Kier alpha value is -2.48. The molecule has 0 fully saturated rings. The standard InChI is InChI=1S/C20H28N2O3/c1-4-7-11-22-20(23)17(15-21)13-16-9-10-18(25-12-8-5-2)19(14-16)24-6-3/h9-10,13-14H,4-8,11-12H2,1-3H3,(H,22,23)/b17-13+. The van der Waals surface area contributed by atoms with Crippen LogP contribution in [0, 0.1) is 11.3 Å². The first-order valence-electron chi connectivity index (χ1n) is 8.95. The summed E-state index contributed by atoms with van der Waals surface area (Å²) < 4.78 is 11.4. The zero-order valence-corrected chi connectivity index (χ0v) is 15.4. The zero-order valence-electron chi connectivity index (χ0n) is 15.4. The first kappa shape index (κ1) is 20.6. The third kappa shape index (κ3) is 7.30. The fourth-order valence-electron chi connectivity index (χ4n) is 2.12. The van der Waals surface area contributed by atoms with Gasteiger partial charge in [-0.05, 0) is 43.5 Å². The molecule has 0 unspecified atom stereocenters. The van der Waals surface area contributed by atoms with Crippen LogP contribution in [0.25, 0.3) is 6.08 Å². The van der Waals surface area contributed by atoms with E-state index in [1.54, 1.807) is 12.1 Å². The highest BCUT2D eigenvalue weighted by molar-refractivity contribution is 6.01. The third-order valence-corrected chi connectivity index (χ3v) is 3.52. The number of unbranched alkanes of at least 4 members (excludes halogenated alkanes) is 2. The number of carbonyl (C=O) groups is 1. The van der Waals surface area contributed by atoms with E-state index >= 15 is 0 Å². The second kappa shape index (κ2) is 12.0. The minimum absolute atomic E-state index is 0.0817. The Morgan fingerprint density at radius 1 is 1.16 bits per heavy atom. The molecule has 1 aromatic rings. The summed E-state index contributed by atoms with van der Waals surface area (Å²) in [7, 11) is 0. The van der Waals surface area contributed by atoms with Crippen LogP contribution in [-0.2, 0) is 4.79 Å². The molecule has 0 bridgehead atoms. The Morgan fingerprint density at radius 3 is 2.56 bits per heavy atom. The van der Waals surface area contributed by atoms with E-state index < -0.39 is 0 Å². The summed E-state index contributed by atoms with van der Waals surface area (Å²) in [6, 6.07) is 7.39. The van der Waals surface area contributed by atoms with Gasteiger partial charge in [0.1, 0.15) is 11.6 Å². The van der Waals surface area contributed by atoms with E-state index in [0.29, 0.717) is 31.3 Å². The molecule has 5 heteroatoms. The molecule has 0 heterocycles. The van der Waals surface area contributed by atoms with Crippen molar-refractivity contribution in [2.45, 2.75) is 46.5 Å². The molecule has 136 valence electrons. The molecule has 0 aliphatic carbocycles. The van der Waals surface area contributed by atoms with Crippen LogP contribution in [0.1, 0.15) is 52.0 Å². The highest BCUT2D eigenvalue weighted by Gasteiger charge is 2.10. The van der Waals surface area contributed by atoms with Crippen molar-refractivity contribution in [2.75, 3.05) is 19.8 Å². The van der Waals surface area contributed by atoms with Gasteiger partial charge in [-0.2, -0.15) is 5.26 Å². The molecular formula is C20H28N2O3. The molecule has 1 amide bonds. The SMILES string of the molecule is CCCCNC(=O)/C(C#N)=C/c1ccc(OCCCC)c(OCC)c1. The van der Waals surface area contributed by atoms with E-state index in [4.69, 9.17) is 9.47 Å². The van der Waals surface area contributed by atoms with Crippen molar-refractivity contribution >= 4 is 12.0 Å². The molecule has 25 heavy (non-hydrogen) atoms. The van der Waals surface area contributed by atoms with Crippen molar-refractivity contribution in [3.63, 3.8) is 0 Å². The van der Waals surface area contributed by atoms with E-state index in [9.17, 15) is 10.1 Å². The minimum Gasteiger partial charge on any atom is -0.490 e. The van der Waals surface area contributed by atoms with Crippen LogP contribution in [0.3, 0.4) is 0 Å². The molecule has 0 saturated heterocycles. The number of rotatable bonds is 11. The van der Waals surface area contributed by atoms with Gasteiger partial charge in [0.2, 0.25) is 0 Å². The molecule has 1 rings (SSSR count). The molecule has 0 saturated carbocycles. The van der Waals surface area contributed by atoms with Gasteiger partial charge in [0.05, 0.1) is 13.2 Å². The van der Waals surface area contributed by atoms with Gasteiger partial charge in [0.25, 0.3) is 5.91 Å². The number of carbonyl (C=O) groups excluding carboxylic acids is 1. The highest BCUT2D eigenvalue weighted by Crippen LogP contribution is 2.29. The van der Waals surface area contributed by atoms with E-state index in [1.165, 1.54) is 0 Å². The summed E-state index contributed by atoms with van der Waals surface area (Å²) in [6.07, 6.45) is 5.48. The summed E-state index contributed by atoms with van der Waals surface area (Å²) in [5.41, 5.74) is 0.812. The number of nitrogens with zero attached hydrogens (tertiary/aromatic N) is 1. The van der Waals surface area contributed by atoms with Crippen molar-refractivity contribution < 1.29 is 14.3 Å². The molecular weight excluding hydrogens is 316 g/mol. The maximum absolute atomic E-state index is 12.0. The fourth-order valence-corrected chi connectivity index (χ4v) is 2.12. The quantitative estimate of drug-likeness (QED) is 0.373. The highest BCUT2D eigenvalue weighted by atomic mass is 16.5. The van der Waals surface area contributed by atoms with Crippen LogP contribution in [0.15, 0.2) is 23.8 Å². The smallest absolute Gasteiger partial charge is 0.261 e.